The third-order valence-corrected chi connectivity index (χ3v) is 5.45. The van der Waals surface area contributed by atoms with Crippen molar-refractivity contribution in [3.8, 4) is 5.75 Å². The molecule has 2 heterocycles. The molecule has 1 aromatic rings. The van der Waals surface area contributed by atoms with E-state index in [1.54, 1.807) is 12.1 Å². The second-order valence-electron chi connectivity index (χ2n) is 8.32. The van der Waals surface area contributed by atoms with Crippen LogP contribution < -0.4 is 10.1 Å². The van der Waals surface area contributed by atoms with Crippen LogP contribution in [0.5, 0.6) is 5.75 Å². The minimum absolute atomic E-state index is 0.238. The Morgan fingerprint density at radius 1 is 0.941 bits per heavy atom. The molecule has 34 heavy (non-hydrogen) atoms. The van der Waals surface area contributed by atoms with Gasteiger partial charge in [-0.2, -0.15) is 0 Å². The van der Waals surface area contributed by atoms with E-state index in [4.69, 9.17) is 18.9 Å². The molecule has 0 radical (unpaired) electrons. The molecule has 2 aliphatic rings. The van der Waals surface area contributed by atoms with Gasteiger partial charge in [0.25, 0.3) is 11.8 Å². The molecule has 10 nitrogen and oxygen atoms in total. The van der Waals surface area contributed by atoms with E-state index in [1.165, 1.54) is 6.07 Å². The van der Waals surface area contributed by atoms with Gasteiger partial charge in [-0.3, -0.25) is 19.3 Å². The highest BCUT2D eigenvalue weighted by Gasteiger charge is 2.44. The number of likely N-dealkylation sites (N-methyl/N-ethyl adjacent to an activating group) is 1. The molecule has 2 aliphatic heterocycles. The summed E-state index contributed by atoms with van der Waals surface area (Å²) in [5.41, 5.74) is 1.10. The Bertz CT molecular complexity index is 903. The van der Waals surface area contributed by atoms with Gasteiger partial charge in [-0.15, -0.1) is 0 Å². The van der Waals surface area contributed by atoms with Crippen molar-refractivity contribution in [2.24, 2.45) is 0 Å². The molecule has 3 amide bonds. The first-order valence-corrected chi connectivity index (χ1v) is 11.4. The van der Waals surface area contributed by atoms with Gasteiger partial charge in [-0.1, -0.05) is 6.58 Å². The average molecular weight is 476 g/mol. The number of carbonyl (C=O) groups is 3. The minimum atomic E-state index is -0.831. The number of imide groups is 1. The minimum Gasteiger partial charge on any atom is -0.491 e. The molecule has 10 heteroatoms. The van der Waals surface area contributed by atoms with Crippen molar-refractivity contribution >= 4 is 17.7 Å². The van der Waals surface area contributed by atoms with E-state index in [0.717, 1.165) is 11.4 Å². The lowest BCUT2D eigenvalue weighted by Gasteiger charge is -2.29. The zero-order valence-corrected chi connectivity index (χ0v) is 19.8. The Labute approximate surface area is 199 Å². The number of hydrogen-bond acceptors (Lipinski definition) is 8. The average Bonchev–Trinajstić information content (AvgIpc) is 3.04. The maximum atomic E-state index is 12.9. The molecule has 0 aliphatic carbocycles. The van der Waals surface area contributed by atoms with Crippen molar-refractivity contribution < 1.29 is 33.3 Å². The van der Waals surface area contributed by atoms with E-state index in [1.807, 2.05) is 14.1 Å². The van der Waals surface area contributed by atoms with E-state index in [9.17, 15) is 14.4 Å². The topological polar surface area (TPSA) is 107 Å². The van der Waals surface area contributed by atoms with Crippen LogP contribution in [0.15, 0.2) is 30.5 Å². The highest BCUT2D eigenvalue weighted by Crippen LogP contribution is 2.30. The standard InChI is InChI=1S/C24H33N3O7/c1-17-4-7-21(22(28)25-17)27-23(29)19-6-5-18(16-20(19)24(27)30)34-15-14-33-13-12-32-11-10-31-9-8-26(2)3/h5-6,16,21H,1,4,7-15H2,2-3H3,(H,25,28). The highest BCUT2D eigenvalue weighted by atomic mass is 16.6. The molecule has 1 saturated heterocycles. The van der Waals surface area contributed by atoms with E-state index in [-0.39, 0.29) is 23.6 Å². The summed E-state index contributed by atoms with van der Waals surface area (Å²) in [5, 5.41) is 2.62. The predicted octanol–water partition coefficient (Wildman–Crippen LogP) is 1.07. The van der Waals surface area contributed by atoms with Crippen LogP contribution >= 0.6 is 0 Å². The molecule has 1 aromatic carbocycles. The number of benzene rings is 1. The van der Waals surface area contributed by atoms with Crippen molar-refractivity contribution in [2.45, 2.75) is 18.9 Å². The Morgan fingerprint density at radius 3 is 2.21 bits per heavy atom. The quantitative estimate of drug-likeness (QED) is 0.315. The summed E-state index contributed by atoms with van der Waals surface area (Å²) in [5.74, 6) is -0.888. The Balaban J connectivity index is 1.35. The van der Waals surface area contributed by atoms with Crippen LogP contribution in [-0.2, 0) is 19.0 Å². The number of nitrogens with zero attached hydrogens (tertiary/aromatic N) is 2. The molecular formula is C24H33N3O7. The lowest BCUT2D eigenvalue weighted by atomic mass is 10.0. The van der Waals surface area contributed by atoms with Crippen molar-refractivity contribution in [1.82, 2.24) is 15.1 Å². The number of fused-ring (bicyclic) bond motifs is 1. The van der Waals surface area contributed by atoms with Crippen LogP contribution in [0.25, 0.3) is 0 Å². The molecule has 1 atom stereocenters. The van der Waals surface area contributed by atoms with Crippen LogP contribution in [0.2, 0.25) is 0 Å². The zero-order valence-electron chi connectivity index (χ0n) is 19.8. The van der Waals surface area contributed by atoms with Crippen LogP contribution in [0.4, 0.5) is 0 Å². The third-order valence-electron chi connectivity index (χ3n) is 5.45. The van der Waals surface area contributed by atoms with E-state index < -0.39 is 17.9 Å². The SMILES string of the molecule is C=C1CCC(N2C(=O)c3ccc(OCCOCCOCCOCCN(C)C)cc3C2=O)C(=O)N1. The molecule has 1 fully saturated rings. The molecule has 0 bridgehead atoms. The van der Waals surface area contributed by atoms with Gasteiger partial charge in [-0.05, 0) is 45.1 Å². The van der Waals surface area contributed by atoms with Crippen LogP contribution in [0, 0.1) is 0 Å². The molecule has 1 unspecified atom stereocenters. The van der Waals surface area contributed by atoms with Crippen LogP contribution in [0.1, 0.15) is 33.6 Å². The number of piperidine rings is 1. The number of allylic oxidation sites excluding steroid dienone is 1. The summed E-state index contributed by atoms with van der Waals surface area (Å²) in [7, 11) is 3.99. The van der Waals surface area contributed by atoms with Crippen LogP contribution in [0.3, 0.4) is 0 Å². The van der Waals surface area contributed by atoms with Gasteiger partial charge in [0.15, 0.2) is 0 Å². The number of rotatable bonds is 14. The maximum Gasteiger partial charge on any atom is 0.262 e. The lowest BCUT2D eigenvalue weighted by molar-refractivity contribution is -0.125. The van der Waals surface area contributed by atoms with Gasteiger partial charge in [-0.25, -0.2) is 0 Å². The predicted molar refractivity (Wildman–Crippen MR) is 124 cm³/mol. The number of hydrogen-bond donors (Lipinski definition) is 1. The van der Waals surface area contributed by atoms with Gasteiger partial charge >= 0.3 is 0 Å². The fraction of sp³-hybridized carbons (Fsp3) is 0.542. The number of carbonyl (C=O) groups excluding carboxylic acids is 3. The second-order valence-corrected chi connectivity index (χ2v) is 8.32. The first kappa shape index (κ1) is 25.8. The van der Waals surface area contributed by atoms with Gasteiger partial charge in [0.1, 0.15) is 18.4 Å². The molecule has 0 spiro atoms. The molecule has 1 N–H and O–H groups in total. The van der Waals surface area contributed by atoms with E-state index in [2.05, 4.69) is 16.8 Å². The third kappa shape index (κ3) is 6.86. The van der Waals surface area contributed by atoms with Gasteiger partial charge in [0.05, 0.1) is 50.8 Å². The maximum absolute atomic E-state index is 12.9. The molecule has 0 saturated carbocycles. The number of nitrogens with one attached hydrogen (secondary N) is 1. The summed E-state index contributed by atoms with van der Waals surface area (Å²) in [6.07, 6.45) is 0.887. The van der Waals surface area contributed by atoms with Gasteiger partial charge < -0.3 is 29.2 Å². The number of ether oxygens (including phenoxy) is 4. The summed E-state index contributed by atoms with van der Waals surface area (Å²) < 4.78 is 22.0. The second kappa shape index (κ2) is 12.6. The van der Waals surface area contributed by atoms with E-state index >= 15 is 0 Å². The Kier molecular flexibility index (Phi) is 9.58. The zero-order chi connectivity index (χ0) is 24.5. The number of amides is 3. The Morgan fingerprint density at radius 2 is 1.56 bits per heavy atom. The van der Waals surface area contributed by atoms with E-state index in [0.29, 0.717) is 63.9 Å². The summed E-state index contributed by atoms with van der Waals surface area (Å²) in [4.78, 5) is 41.0. The fourth-order valence-electron chi connectivity index (χ4n) is 3.63. The summed E-state index contributed by atoms with van der Waals surface area (Å²) >= 11 is 0. The normalized spacial score (nSPS) is 18.0. The smallest absolute Gasteiger partial charge is 0.262 e. The van der Waals surface area contributed by atoms with Crippen molar-refractivity contribution in [3.05, 3.63) is 41.6 Å². The highest BCUT2D eigenvalue weighted by molar-refractivity contribution is 6.23. The van der Waals surface area contributed by atoms with Crippen molar-refractivity contribution in [3.63, 3.8) is 0 Å². The van der Waals surface area contributed by atoms with Crippen molar-refractivity contribution in [1.29, 1.82) is 0 Å². The van der Waals surface area contributed by atoms with Gasteiger partial charge in [0, 0.05) is 12.2 Å². The van der Waals surface area contributed by atoms with Crippen molar-refractivity contribution in [2.75, 3.05) is 66.9 Å². The lowest BCUT2D eigenvalue weighted by Crippen LogP contribution is -2.51. The van der Waals surface area contributed by atoms with Gasteiger partial charge in [0.2, 0.25) is 5.91 Å². The first-order chi connectivity index (χ1) is 16.4. The fourth-order valence-corrected chi connectivity index (χ4v) is 3.63. The summed E-state index contributed by atoms with van der Waals surface area (Å²) in [6, 6.07) is 3.90. The largest absolute Gasteiger partial charge is 0.491 e. The monoisotopic (exact) mass is 475 g/mol. The summed E-state index contributed by atoms with van der Waals surface area (Å²) in [6.45, 7) is 7.88. The molecular weight excluding hydrogens is 442 g/mol. The first-order valence-electron chi connectivity index (χ1n) is 11.4. The Hall–Kier alpha value is -2.79. The van der Waals surface area contributed by atoms with Crippen LogP contribution in [-0.4, -0.2) is 100 Å². The molecule has 3 rings (SSSR count). The molecule has 0 aromatic heterocycles. The molecule has 186 valence electrons.